The minimum absolute atomic E-state index is 0.501. The van der Waals surface area contributed by atoms with Crippen LogP contribution in [-0.4, -0.2) is 55.9 Å². The second kappa shape index (κ2) is 7.92. The van der Waals surface area contributed by atoms with E-state index in [1.165, 1.54) is 0 Å². The molecule has 1 fully saturated rings. The molecule has 29 heavy (non-hydrogen) atoms. The molecule has 1 N–H and O–H groups in total. The van der Waals surface area contributed by atoms with Crippen molar-refractivity contribution in [3.8, 4) is 11.1 Å². The van der Waals surface area contributed by atoms with Crippen molar-refractivity contribution < 1.29 is 13.2 Å². The normalized spacial score (nSPS) is 14.9. The van der Waals surface area contributed by atoms with Gasteiger partial charge >= 0.3 is 0 Å². The van der Waals surface area contributed by atoms with Crippen LogP contribution >= 0.6 is 0 Å². The van der Waals surface area contributed by atoms with Gasteiger partial charge in [0, 0.05) is 24.8 Å². The monoisotopic (exact) mass is 413 g/mol. The number of aromatic nitrogens is 3. The highest BCUT2D eigenvalue weighted by Gasteiger charge is 2.14. The number of anilines is 2. The molecule has 4 rings (SSSR count). The number of pyridine rings is 1. The Kier molecular flexibility index (Phi) is 5.33. The Balaban J connectivity index is 1.72. The first-order valence-electron chi connectivity index (χ1n) is 9.49. The predicted octanol–water partition coefficient (Wildman–Crippen LogP) is 2.46. The third kappa shape index (κ3) is 4.46. The number of benzene rings is 1. The van der Waals surface area contributed by atoms with Crippen LogP contribution in [0.5, 0.6) is 0 Å². The Hall–Kier alpha value is -2.78. The SMILES string of the molecule is CCc1ncc(-c2ccc3ncc(N4CCOCC4)nc3c2)cc1NS(C)(=O)=O. The fourth-order valence-electron chi connectivity index (χ4n) is 3.35. The quantitative estimate of drug-likeness (QED) is 0.686. The maximum Gasteiger partial charge on any atom is 0.229 e. The van der Waals surface area contributed by atoms with E-state index in [2.05, 4.69) is 19.6 Å². The van der Waals surface area contributed by atoms with Crippen molar-refractivity contribution in [2.45, 2.75) is 13.3 Å². The molecule has 0 saturated carbocycles. The first-order valence-corrected chi connectivity index (χ1v) is 11.4. The molecular weight excluding hydrogens is 390 g/mol. The van der Waals surface area contributed by atoms with E-state index in [0.717, 1.165) is 47.3 Å². The van der Waals surface area contributed by atoms with Gasteiger partial charge in [-0.15, -0.1) is 0 Å². The Morgan fingerprint density at radius 3 is 2.59 bits per heavy atom. The van der Waals surface area contributed by atoms with Crippen molar-refractivity contribution in [2.75, 3.05) is 42.2 Å². The first-order chi connectivity index (χ1) is 13.9. The fourth-order valence-corrected chi connectivity index (χ4v) is 3.92. The topological polar surface area (TPSA) is 97.3 Å². The van der Waals surface area contributed by atoms with Crippen molar-refractivity contribution in [3.05, 3.63) is 42.4 Å². The van der Waals surface area contributed by atoms with Crippen molar-refractivity contribution in [1.29, 1.82) is 0 Å². The van der Waals surface area contributed by atoms with E-state index in [9.17, 15) is 8.42 Å². The lowest BCUT2D eigenvalue weighted by Gasteiger charge is -2.27. The van der Waals surface area contributed by atoms with E-state index in [-0.39, 0.29) is 0 Å². The molecular formula is C20H23N5O3S. The van der Waals surface area contributed by atoms with Gasteiger partial charge in [-0.1, -0.05) is 13.0 Å². The number of ether oxygens (including phenoxy) is 1. The van der Waals surface area contributed by atoms with Crippen LogP contribution in [0.1, 0.15) is 12.6 Å². The number of hydrogen-bond donors (Lipinski definition) is 1. The summed E-state index contributed by atoms with van der Waals surface area (Å²) in [7, 11) is -3.39. The second-order valence-corrected chi connectivity index (χ2v) is 8.73. The van der Waals surface area contributed by atoms with E-state index in [1.54, 1.807) is 12.4 Å². The van der Waals surface area contributed by atoms with Gasteiger partial charge in [-0.2, -0.15) is 0 Å². The smallest absolute Gasteiger partial charge is 0.229 e. The number of nitrogens with zero attached hydrogens (tertiary/aromatic N) is 4. The van der Waals surface area contributed by atoms with E-state index in [0.29, 0.717) is 31.0 Å². The van der Waals surface area contributed by atoms with E-state index < -0.39 is 10.0 Å². The molecule has 8 nitrogen and oxygen atoms in total. The zero-order chi connectivity index (χ0) is 20.4. The summed E-state index contributed by atoms with van der Waals surface area (Å²) in [5.41, 5.74) is 4.50. The molecule has 0 atom stereocenters. The molecule has 0 amide bonds. The lowest BCUT2D eigenvalue weighted by atomic mass is 10.1. The summed E-state index contributed by atoms with van der Waals surface area (Å²) in [6, 6.07) is 7.63. The average molecular weight is 414 g/mol. The molecule has 0 aliphatic carbocycles. The van der Waals surface area contributed by atoms with Crippen molar-refractivity contribution >= 4 is 32.6 Å². The molecule has 0 unspecified atom stereocenters. The van der Waals surface area contributed by atoms with Gasteiger partial charge in [0.2, 0.25) is 10.0 Å². The lowest BCUT2D eigenvalue weighted by molar-refractivity contribution is 0.122. The Bertz CT molecular complexity index is 1140. The van der Waals surface area contributed by atoms with Crippen LogP contribution in [0.25, 0.3) is 22.2 Å². The van der Waals surface area contributed by atoms with E-state index in [4.69, 9.17) is 9.72 Å². The minimum Gasteiger partial charge on any atom is -0.378 e. The van der Waals surface area contributed by atoms with Crippen molar-refractivity contribution in [2.24, 2.45) is 0 Å². The largest absolute Gasteiger partial charge is 0.378 e. The molecule has 1 aliphatic rings. The first kappa shape index (κ1) is 19.5. The van der Waals surface area contributed by atoms with Gasteiger partial charge in [-0.3, -0.25) is 14.7 Å². The average Bonchev–Trinajstić information content (AvgIpc) is 2.72. The van der Waals surface area contributed by atoms with Gasteiger partial charge in [0.25, 0.3) is 0 Å². The maximum atomic E-state index is 11.7. The third-order valence-electron chi connectivity index (χ3n) is 4.80. The summed E-state index contributed by atoms with van der Waals surface area (Å²) >= 11 is 0. The predicted molar refractivity (Wildman–Crippen MR) is 114 cm³/mol. The van der Waals surface area contributed by atoms with E-state index >= 15 is 0 Å². The van der Waals surface area contributed by atoms with Crippen LogP contribution in [0, 0.1) is 0 Å². The lowest BCUT2D eigenvalue weighted by Crippen LogP contribution is -2.36. The molecule has 3 heterocycles. The molecule has 152 valence electrons. The number of sulfonamides is 1. The summed E-state index contributed by atoms with van der Waals surface area (Å²) < 4.78 is 31.4. The highest BCUT2D eigenvalue weighted by molar-refractivity contribution is 7.92. The number of rotatable bonds is 5. The van der Waals surface area contributed by atoms with Crippen LogP contribution in [0.4, 0.5) is 11.5 Å². The summed E-state index contributed by atoms with van der Waals surface area (Å²) in [5, 5.41) is 0. The maximum absolute atomic E-state index is 11.7. The summed E-state index contributed by atoms with van der Waals surface area (Å²) in [6.07, 6.45) is 5.31. The van der Waals surface area contributed by atoms with Crippen LogP contribution in [0.3, 0.4) is 0 Å². The van der Waals surface area contributed by atoms with Gasteiger partial charge in [0.05, 0.1) is 48.1 Å². The summed E-state index contributed by atoms with van der Waals surface area (Å²) in [6.45, 7) is 4.90. The standard InChI is InChI=1S/C20H23N5O3S/c1-3-16-19(24-29(2,26)27)11-15(12-21-16)14-4-5-17-18(10-14)23-20(13-22-17)25-6-8-28-9-7-25/h4-5,10-13,24H,3,6-9H2,1-2H3. The summed E-state index contributed by atoms with van der Waals surface area (Å²) in [4.78, 5) is 15.9. The van der Waals surface area contributed by atoms with Crippen LogP contribution in [0.15, 0.2) is 36.7 Å². The summed E-state index contributed by atoms with van der Waals surface area (Å²) in [5.74, 6) is 0.830. The molecule has 0 spiro atoms. The van der Waals surface area contributed by atoms with Crippen molar-refractivity contribution in [1.82, 2.24) is 15.0 Å². The van der Waals surface area contributed by atoms with Gasteiger partial charge in [0.15, 0.2) is 0 Å². The van der Waals surface area contributed by atoms with Crippen molar-refractivity contribution in [3.63, 3.8) is 0 Å². The fraction of sp³-hybridized carbons (Fsp3) is 0.350. The number of nitrogens with one attached hydrogen (secondary N) is 1. The Morgan fingerprint density at radius 1 is 1.07 bits per heavy atom. The molecule has 1 aliphatic heterocycles. The Morgan fingerprint density at radius 2 is 1.86 bits per heavy atom. The van der Waals surface area contributed by atoms with Gasteiger partial charge in [-0.25, -0.2) is 13.4 Å². The Labute approximate surface area is 170 Å². The highest BCUT2D eigenvalue weighted by Crippen LogP contribution is 2.27. The van der Waals surface area contributed by atoms with Crippen LogP contribution in [-0.2, 0) is 21.2 Å². The van der Waals surface area contributed by atoms with Crippen LogP contribution < -0.4 is 9.62 Å². The molecule has 1 aromatic carbocycles. The van der Waals surface area contributed by atoms with E-state index in [1.807, 2.05) is 31.2 Å². The second-order valence-electron chi connectivity index (χ2n) is 6.98. The zero-order valence-corrected chi connectivity index (χ0v) is 17.2. The van der Waals surface area contributed by atoms with Gasteiger partial charge < -0.3 is 9.64 Å². The van der Waals surface area contributed by atoms with Gasteiger partial charge in [0.1, 0.15) is 5.82 Å². The number of aryl methyl sites for hydroxylation is 1. The number of hydrogen-bond acceptors (Lipinski definition) is 7. The van der Waals surface area contributed by atoms with Gasteiger partial charge in [-0.05, 0) is 30.2 Å². The molecule has 1 saturated heterocycles. The zero-order valence-electron chi connectivity index (χ0n) is 16.4. The third-order valence-corrected chi connectivity index (χ3v) is 5.39. The highest BCUT2D eigenvalue weighted by atomic mass is 32.2. The molecule has 0 radical (unpaired) electrons. The molecule has 2 aromatic heterocycles. The molecule has 0 bridgehead atoms. The molecule has 9 heteroatoms. The van der Waals surface area contributed by atoms with Crippen LogP contribution in [0.2, 0.25) is 0 Å². The molecule has 3 aromatic rings. The number of morpholine rings is 1. The minimum atomic E-state index is -3.39. The number of fused-ring (bicyclic) bond motifs is 1.